The quantitative estimate of drug-likeness (QED) is 0.181. The number of hydrogen-bond donors (Lipinski definition) is 1. The van der Waals surface area contributed by atoms with Crippen molar-refractivity contribution in [2.45, 2.75) is 71.0 Å². The van der Waals surface area contributed by atoms with E-state index in [9.17, 15) is 23.2 Å². The van der Waals surface area contributed by atoms with Gasteiger partial charge in [0.2, 0.25) is 0 Å². The molecule has 1 aliphatic rings. The minimum Gasteiger partial charge on any atom is -0.467 e. The highest BCUT2D eigenvalue weighted by Gasteiger charge is 2.26. The molecule has 0 radical (unpaired) electrons. The van der Waals surface area contributed by atoms with Crippen molar-refractivity contribution in [1.29, 1.82) is 0 Å². The number of benzene rings is 2. The zero-order valence-electron chi connectivity index (χ0n) is 25.5. The number of carbonyl (C=O) groups excluding carboxylic acids is 3. The molecule has 0 spiro atoms. The van der Waals surface area contributed by atoms with Crippen LogP contribution in [-0.2, 0) is 20.9 Å². The number of hydrogen-bond acceptors (Lipinski definition) is 6. The van der Waals surface area contributed by atoms with Crippen LogP contribution in [0.4, 0.5) is 8.78 Å². The van der Waals surface area contributed by atoms with Gasteiger partial charge >= 0.3 is 5.97 Å². The molecule has 1 saturated carbocycles. The standard InChI is InChI=1S/C34H42F2N2O4S/c1-23-8-5-6-10-29(23)31-21-25(11-16-30(31)33(40)37-32(17-19-43-4)34(41)42-3)22-38(27-12-14-28(39)15-13-27)18-7-9-26(36)20-24(2)35/h5-6,8-11,16,20-21,27,32H,7,12-15,17-19,22H2,1-4H3,(H,37,40)/b24-20+,26-9+. The monoisotopic (exact) mass is 612 g/mol. The summed E-state index contributed by atoms with van der Waals surface area (Å²) in [6.45, 7) is 4.25. The van der Waals surface area contributed by atoms with E-state index in [1.165, 1.54) is 20.1 Å². The lowest BCUT2D eigenvalue weighted by Gasteiger charge is -2.34. The van der Waals surface area contributed by atoms with Crippen LogP contribution in [0.2, 0.25) is 0 Å². The lowest BCUT2D eigenvalue weighted by Crippen LogP contribution is -2.42. The number of esters is 1. The number of carbonyl (C=O) groups is 3. The van der Waals surface area contributed by atoms with Crippen LogP contribution in [0.1, 0.15) is 66.9 Å². The molecule has 1 unspecified atom stereocenters. The van der Waals surface area contributed by atoms with E-state index < -0.39 is 23.7 Å². The first-order chi connectivity index (χ1) is 20.6. The van der Waals surface area contributed by atoms with Crippen LogP contribution in [0, 0.1) is 6.92 Å². The smallest absolute Gasteiger partial charge is 0.328 e. The van der Waals surface area contributed by atoms with Crippen molar-refractivity contribution in [2.24, 2.45) is 0 Å². The van der Waals surface area contributed by atoms with Crippen LogP contribution in [0.5, 0.6) is 0 Å². The van der Waals surface area contributed by atoms with Crippen LogP contribution < -0.4 is 5.32 Å². The predicted molar refractivity (Wildman–Crippen MR) is 169 cm³/mol. The highest BCUT2D eigenvalue weighted by Crippen LogP contribution is 2.30. The third-order valence-electron chi connectivity index (χ3n) is 7.67. The fourth-order valence-electron chi connectivity index (χ4n) is 5.38. The van der Waals surface area contributed by atoms with Gasteiger partial charge in [0.25, 0.3) is 5.91 Å². The van der Waals surface area contributed by atoms with Crippen LogP contribution in [0.15, 0.2) is 66.3 Å². The highest BCUT2D eigenvalue weighted by molar-refractivity contribution is 7.98. The maximum absolute atomic E-state index is 14.1. The van der Waals surface area contributed by atoms with E-state index in [0.717, 1.165) is 41.2 Å². The molecular formula is C34H42F2N2O4S. The highest BCUT2D eigenvalue weighted by atomic mass is 32.2. The largest absolute Gasteiger partial charge is 0.467 e. The molecule has 2 aromatic rings. The van der Waals surface area contributed by atoms with E-state index >= 15 is 0 Å². The first-order valence-electron chi connectivity index (χ1n) is 14.6. The van der Waals surface area contributed by atoms with Crippen molar-refractivity contribution in [3.63, 3.8) is 0 Å². The average molecular weight is 613 g/mol. The zero-order valence-corrected chi connectivity index (χ0v) is 26.3. The summed E-state index contributed by atoms with van der Waals surface area (Å²) in [5.41, 5.74) is 4.06. The summed E-state index contributed by atoms with van der Waals surface area (Å²) in [4.78, 5) is 40.2. The van der Waals surface area contributed by atoms with Gasteiger partial charge in [-0.25, -0.2) is 13.6 Å². The lowest BCUT2D eigenvalue weighted by molar-refractivity contribution is -0.142. The molecule has 1 fully saturated rings. The average Bonchev–Trinajstić information content (AvgIpc) is 2.98. The Morgan fingerprint density at radius 2 is 1.86 bits per heavy atom. The number of amides is 1. The Hall–Kier alpha value is -3.30. The third kappa shape index (κ3) is 10.4. The second kappa shape index (κ2) is 17.1. The van der Waals surface area contributed by atoms with Gasteiger partial charge in [-0.1, -0.05) is 30.3 Å². The number of methoxy groups -OCH3 is 1. The van der Waals surface area contributed by atoms with E-state index in [1.807, 2.05) is 49.6 Å². The number of ether oxygens (including phenoxy) is 1. The van der Waals surface area contributed by atoms with Gasteiger partial charge in [-0.3, -0.25) is 14.5 Å². The Balaban J connectivity index is 1.94. The van der Waals surface area contributed by atoms with Gasteiger partial charge in [-0.2, -0.15) is 11.8 Å². The number of Topliss-reactive ketones (excluding diaryl/α,β-unsaturated/α-hetero) is 1. The van der Waals surface area contributed by atoms with Gasteiger partial charge in [0.15, 0.2) is 0 Å². The van der Waals surface area contributed by atoms with Gasteiger partial charge in [0.1, 0.15) is 17.7 Å². The molecule has 2 aromatic carbocycles. The molecule has 3 rings (SSSR count). The maximum Gasteiger partial charge on any atom is 0.328 e. The summed E-state index contributed by atoms with van der Waals surface area (Å²) in [5.74, 6) is -1.10. The predicted octanol–water partition coefficient (Wildman–Crippen LogP) is 7.12. The van der Waals surface area contributed by atoms with E-state index in [4.69, 9.17) is 4.74 Å². The number of nitrogens with zero attached hydrogens (tertiary/aromatic N) is 1. The first kappa shape index (κ1) is 34.2. The van der Waals surface area contributed by atoms with Gasteiger partial charge in [0, 0.05) is 43.6 Å². The molecule has 0 bridgehead atoms. The number of ketones is 1. The summed E-state index contributed by atoms with van der Waals surface area (Å²) in [5, 5.41) is 2.87. The van der Waals surface area contributed by atoms with E-state index in [-0.39, 0.29) is 17.7 Å². The Kier molecular flexibility index (Phi) is 13.6. The molecule has 6 nitrogen and oxygen atoms in total. The molecule has 0 heterocycles. The van der Waals surface area contributed by atoms with E-state index in [2.05, 4.69) is 10.2 Å². The molecule has 1 N–H and O–H groups in total. The molecular weight excluding hydrogens is 570 g/mol. The van der Waals surface area contributed by atoms with Gasteiger partial charge in [0.05, 0.1) is 12.9 Å². The van der Waals surface area contributed by atoms with Crippen LogP contribution in [-0.4, -0.2) is 60.3 Å². The summed E-state index contributed by atoms with van der Waals surface area (Å²) in [7, 11) is 1.31. The minimum atomic E-state index is -0.761. The minimum absolute atomic E-state index is 0.148. The molecule has 1 atom stereocenters. The van der Waals surface area contributed by atoms with Crippen LogP contribution in [0.3, 0.4) is 0 Å². The molecule has 43 heavy (non-hydrogen) atoms. The summed E-state index contributed by atoms with van der Waals surface area (Å²) in [6.07, 6.45) is 7.51. The van der Waals surface area contributed by atoms with Crippen molar-refractivity contribution >= 4 is 29.4 Å². The molecule has 9 heteroatoms. The SMILES string of the molecule is COC(=O)C(CCSC)NC(=O)c1ccc(CN(CC/C=C(F)\C=C(/C)F)C2CCC(=O)CC2)cc1-c1ccccc1C. The molecule has 1 aliphatic carbocycles. The number of allylic oxidation sites excluding steroid dienone is 3. The summed E-state index contributed by atoms with van der Waals surface area (Å²) in [6, 6.07) is 12.9. The van der Waals surface area contributed by atoms with Gasteiger partial charge < -0.3 is 10.1 Å². The molecule has 0 aromatic heterocycles. The van der Waals surface area contributed by atoms with Crippen molar-refractivity contribution in [1.82, 2.24) is 10.2 Å². The fourth-order valence-corrected chi connectivity index (χ4v) is 5.85. The molecule has 1 amide bonds. The Morgan fingerprint density at radius 3 is 2.51 bits per heavy atom. The second-order valence-electron chi connectivity index (χ2n) is 10.9. The van der Waals surface area contributed by atoms with Crippen LogP contribution >= 0.6 is 11.8 Å². The number of rotatable bonds is 14. The molecule has 232 valence electrons. The Bertz CT molecular complexity index is 1330. The van der Waals surface area contributed by atoms with Crippen LogP contribution in [0.25, 0.3) is 11.1 Å². The fraction of sp³-hybridized carbons (Fsp3) is 0.441. The first-order valence-corrected chi connectivity index (χ1v) is 16.0. The Labute approximate surface area is 257 Å². The maximum atomic E-state index is 14.1. The number of nitrogens with one attached hydrogen (secondary N) is 1. The molecule has 0 aliphatic heterocycles. The zero-order chi connectivity index (χ0) is 31.4. The lowest BCUT2D eigenvalue weighted by atomic mass is 9.91. The molecule has 0 saturated heterocycles. The van der Waals surface area contributed by atoms with Gasteiger partial charge in [-0.15, -0.1) is 0 Å². The van der Waals surface area contributed by atoms with E-state index in [0.29, 0.717) is 50.1 Å². The third-order valence-corrected chi connectivity index (χ3v) is 8.32. The number of halogens is 2. The second-order valence-corrected chi connectivity index (χ2v) is 11.9. The normalized spacial score (nSPS) is 15.5. The van der Waals surface area contributed by atoms with E-state index in [1.54, 1.807) is 17.8 Å². The number of aryl methyl sites for hydroxylation is 1. The van der Waals surface area contributed by atoms with Crippen molar-refractivity contribution < 1.29 is 27.9 Å². The summed E-state index contributed by atoms with van der Waals surface area (Å²) < 4.78 is 32.1. The Morgan fingerprint density at radius 1 is 1.14 bits per heavy atom. The summed E-state index contributed by atoms with van der Waals surface area (Å²) >= 11 is 1.59. The number of thioether (sulfide) groups is 1. The topological polar surface area (TPSA) is 75.7 Å². The van der Waals surface area contributed by atoms with Crippen molar-refractivity contribution in [3.05, 3.63) is 83.0 Å². The van der Waals surface area contributed by atoms with Gasteiger partial charge in [-0.05, 0) is 92.0 Å². The van der Waals surface area contributed by atoms with Crippen molar-refractivity contribution in [3.8, 4) is 11.1 Å². The van der Waals surface area contributed by atoms with Crippen molar-refractivity contribution in [2.75, 3.05) is 25.7 Å².